The number of methoxy groups -OCH3 is 2. The predicted molar refractivity (Wildman–Crippen MR) is 106 cm³/mol. The number of hydrazone groups is 1. The molecule has 0 unspecified atom stereocenters. The molecular weight excluding hydrogens is 362 g/mol. The van der Waals surface area contributed by atoms with Crippen LogP contribution in [-0.2, 0) is 9.59 Å². The Balaban J connectivity index is 1.97. The largest absolute Gasteiger partial charge is 0.495 e. The summed E-state index contributed by atoms with van der Waals surface area (Å²) in [5, 5.41) is 6.25. The van der Waals surface area contributed by atoms with E-state index in [1.165, 1.54) is 20.4 Å². The minimum absolute atomic E-state index is 0.348. The lowest BCUT2D eigenvalue weighted by Gasteiger charge is -2.09. The molecule has 2 aromatic carbocycles. The van der Waals surface area contributed by atoms with Crippen LogP contribution < -0.4 is 25.0 Å². The van der Waals surface area contributed by atoms with Crippen molar-refractivity contribution < 1.29 is 23.8 Å². The molecule has 0 aliphatic rings. The molecule has 2 N–H and O–H groups in total. The lowest BCUT2D eigenvalue weighted by molar-refractivity contribution is -0.136. The first-order valence-electron chi connectivity index (χ1n) is 8.28. The first-order chi connectivity index (χ1) is 13.6. The van der Waals surface area contributed by atoms with Gasteiger partial charge in [-0.1, -0.05) is 24.8 Å². The Bertz CT molecular complexity index is 880. The van der Waals surface area contributed by atoms with Crippen molar-refractivity contribution in [2.45, 2.75) is 0 Å². The van der Waals surface area contributed by atoms with Crippen LogP contribution in [-0.4, -0.2) is 38.9 Å². The number of benzene rings is 2. The lowest BCUT2D eigenvalue weighted by atomic mass is 10.2. The van der Waals surface area contributed by atoms with Crippen molar-refractivity contribution in [1.29, 1.82) is 0 Å². The summed E-state index contributed by atoms with van der Waals surface area (Å²) in [6.07, 6.45) is 3.01. The fraction of sp³-hybridized carbons (Fsp3) is 0.150. The summed E-state index contributed by atoms with van der Waals surface area (Å²) in [4.78, 5) is 23.9. The van der Waals surface area contributed by atoms with Crippen LogP contribution >= 0.6 is 0 Å². The van der Waals surface area contributed by atoms with E-state index in [1.807, 2.05) is 0 Å². The van der Waals surface area contributed by atoms with Crippen molar-refractivity contribution in [1.82, 2.24) is 5.43 Å². The summed E-state index contributed by atoms with van der Waals surface area (Å²) >= 11 is 0. The molecule has 0 saturated carbocycles. The molecular formula is C20H21N3O5. The van der Waals surface area contributed by atoms with Crippen LogP contribution in [0.3, 0.4) is 0 Å². The fourth-order valence-electron chi connectivity index (χ4n) is 2.18. The van der Waals surface area contributed by atoms with E-state index in [-0.39, 0.29) is 0 Å². The maximum atomic E-state index is 12.0. The Labute approximate surface area is 162 Å². The molecule has 28 heavy (non-hydrogen) atoms. The maximum absolute atomic E-state index is 12.0. The first-order valence-corrected chi connectivity index (χ1v) is 8.28. The summed E-state index contributed by atoms with van der Waals surface area (Å²) in [6, 6.07) is 11.9. The van der Waals surface area contributed by atoms with Gasteiger partial charge in [0.1, 0.15) is 12.4 Å². The number of ether oxygens (including phenoxy) is 3. The molecule has 2 aromatic rings. The molecule has 0 saturated heterocycles. The van der Waals surface area contributed by atoms with Crippen LogP contribution in [0.5, 0.6) is 17.2 Å². The third-order valence-corrected chi connectivity index (χ3v) is 3.49. The lowest BCUT2D eigenvalue weighted by Crippen LogP contribution is -2.32. The molecule has 146 valence electrons. The van der Waals surface area contributed by atoms with Gasteiger partial charge in [-0.15, -0.1) is 0 Å². The highest BCUT2D eigenvalue weighted by Gasteiger charge is 2.15. The average Bonchev–Trinajstić information content (AvgIpc) is 2.72. The molecule has 0 aromatic heterocycles. The fourth-order valence-corrected chi connectivity index (χ4v) is 2.18. The normalized spacial score (nSPS) is 10.2. The van der Waals surface area contributed by atoms with Gasteiger partial charge in [0.15, 0.2) is 11.5 Å². The van der Waals surface area contributed by atoms with Crippen LogP contribution in [0.1, 0.15) is 5.56 Å². The standard InChI is InChI=1S/C20H21N3O5/c1-4-11-28-17-10-9-14(12-18(17)27-3)13-21-23-20(25)19(24)22-15-7-5-6-8-16(15)26-2/h4-10,12-13H,1,11H2,2-3H3,(H,22,24)(H,23,25)/b21-13+. The van der Waals surface area contributed by atoms with Gasteiger partial charge in [0.2, 0.25) is 0 Å². The smallest absolute Gasteiger partial charge is 0.329 e. The summed E-state index contributed by atoms with van der Waals surface area (Å²) < 4.78 is 15.8. The van der Waals surface area contributed by atoms with Gasteiger partial charge in [-0.25, -0.2) is 5.43 Å². The Hall–Kier alpha value is -3.81. The molecule has 0 fully saturated rings. The van der Waals surface area contributed by atoms with Crippen molar-refractivity contribution in [3.05, 3.63) is 60.7 Å². The minimum Gasteiger partial charge on any atom is -0.495 e. The molecule has 0 atom stereocenters. The number of para-hydroxylation sites is 2. The van der Waals surface area contributed by atoms with Crippen LogP contribution in [0.15, 0.2) is 60.2 Å². The van der Waals surface area contributed by atoms with Gasteiger partial charge >= 0.3 is 11.8 Å². The van der Waals surface area contributed by atoms with Gasteiger partial charge in [0.25, 0.3) is 0 Å². The number of nitrogens with one attached hydrogen (secondary N) is 2. The summed E-state index contributed by atoms with van der Waals surface area (Å²) in [6.45, 7) is 3.94. The number of rotatable bonds is 8. The van der Waals surface area contributed by atoms with E-state index in [9.17, 15) is 9.59 Å². The third-order valence-electron chi connectivity index (χ3n) is 3.49. The molecule has 0 bridgehead atoms. The van der Waals surface area contributed by atoms with Crippen LogP contribution in [0, 0.1) is 0 Å². The van der Waals surface area contributed by atoms with E-state index < -0.39 is 11.8 Å². The van der Waals surface area contributed by atoms with E-state index in [0.717, 1.165) is 0 Å². The van der Waals surface area contributed by atoms with E-state index >= 15 is 0 Å². The number of hydrogen-bond acceptors (Lipinski definition) is 6. The molecule has 2 amide bonds. The molecule has 0 spiro atoms. The highest BCUT2D eigenvalue weighted by Crippen LogP contribution is 2.27. The van der Waals surface area contributed by atoms with Crippen molar-refractivity contribution in [2.24, 2.45) is 5.10 Å². The van der Waals surface area contributed by atoms with Gasteiger partial charge in [-0.05, 0) is 35.9 Å². The van der Waals surface area contributed by atoms with Gasteiger partial charge in [-0.3, -0.25) is 9.59 Å². The molecule has 0 aliphatic heterocycles. The average molecular weight is 383 g/mol. The highest BCUT2D eigenvalue weighted by molar-refractivity contribution is 6.39. The van der Waals surface area contributed by atoms with Gasteiger partial charge < -0.3 is 19.5 Å². The van der Waals surface area contributed by atoms with Gasteiger partial charge in [0.05, 0.1) is 26.1 Å². The van der Waals surface area contributed by atoms with Crippen molar-refractivity contribution in [3.8, 4) is 17.2 Å². The molecule has 0 aliphatic carbocycles. The van der Waals surface area contributed by atoms with E-state index in [1.54, 1.807) is 48.5 Å². The van der Waals surface area contributed by atoms with Crippen LogP contribution in [0.4, 0.5) is 5.69 Å². The van der Waals surface area contributed by atoms with E-state index in [0.29, 0.717) is 35.1 Å². The second-order valence-electron chi connectivity index (χ2n) is 5.36. The second kappa shape index (κ2) is 10.4. The summed E-state index contributed by atoms with van der Waals surface area (Å²) in [7, 11) is 2.98. The molecule has 8 heteroatoms. The number of carbonyl (C=O) groups excluding carboxylic acids is 2. The minimum atomic E-state index is -0.917. The summed E-state index contributed by atoms with van der Waals surface area (Å²) in [5.74, 6) is -0.281. The second-order valence-corrected chi connectivity index (χ2v) is 5.36. The zero-order valence-electron chi connectivity index (χ0n) is 15.6. The Morgan fingerprint density at radius 3 is 2.50 bits per heavy atom. The Kier molecular flexibility index (Phi) is 7.59. The Morgan fingerprint density at radius 1 is 1.04 bits per heavy atom. The zero-order valence-corrected chi connectivity index (χ0v) is 15.6. The molecule has 2 rings (SSSR count). The number of amides is 2. The maximum Gasteiger partial charge on any atom is 0.329 e. The topological polar surface area (TPSA) is 98.2 Å². The third kappa shape index (κ3) is 5.60. The van der Waals surface area contributed by atoms with Gasteiger partial charge in [0, 0.05) is 0 Å². The SMILES string of the molecule is C=CCOc1ccc(/C=N/NC(=O)C(=O)Nc2ccccc2OC)cc1OC. The van der Waals surface area contributed by atoms with Gasteiger partial charge in [-0.2, -0.15) is 5.10 Å². The predicted octanol–water partition coefficient (Wildman–Crippen LogP) is 2.36. The summed E-state index contributed by atoms with van der Waals surface area (Å²) in [5.41, 5.74) is 3.20. The zero-order chi connectivity index (χ0) is 20.4. The van der Waals surface area contributed by atoms with E-state index in [4.69, 9.17) is 14.2 Å². The quantitative estimate of drug-likeness (QED) is 0.316. The monoisotopic (exact) mass is 383 g/mol. The number of nitrogens with zero attached hydrogens (tertiary/aromatic N) is 1. The van der Waals surface area contributed by atoms with Crippen molar-refractivity contribution in [2.75, 3.05) is 26.1 Å². The molecule has 0 radical (unpaired) electrons. The molecule has 8 nitrogen and oxygen atoms in total. The number of anilines is 1. The van der Waals surface area contributed by atoms with Crippen LogP contribution in [0.25, 0.3) is 0 Å². The Morgan fingerprint density at radius 2 is 1.79 bits per heavy atom. The van der Waals surface area contributed by atoms with Crippen molar-refractivity contribution >= 4 is 23.7 Å². The van der Waals surface area contributed by atoms with E-state index in [2.05, 4.69) is 22.4 Å². The van der Waals surface area contributed by atoms with Crippen molar-refractivity contribution in [3.63, 3.8) is 0 Å². The first kappa shape index (κ1) is 20.5. The number of hydrogen-bond donors (Lipinski definition) is 2. The van der Waals surface area contributed by atoms with Crippen LogP contribution in [0.2, 0.25) is 0 Å². The number of carbonyl (C=O) groups is 2. The molecule has 0 heterocycles. The highest BCUT2D eigenvalue weighted by atomic mass is 16.5.